The number of amides is 2. The molecule has 0 unspecified atom stereocenters. The number of hydrogen-bond donors (Lipinski definition) is 0. The van der Waals surface area contributed by atoms with Crippen LogP contribution in [0.4, 0.5) is 15.8 Å². The van der Waals surface area contributed by atoms with E-state index in [1.807, 2.05) is 4.90 Å². The van der Waals surface area contributed by atoms with Crippen molar-refractivity contribution in [1.29, 1.82) is 0 Å². The molecule has 0 saturated carbocycles. The minimum atomic E-state index is -0.445. The molecular weight excluding hydrogens is 451 g/mol. The van der Waals surface area contributed by atoms with Gasteiger partial charge in [0.25, 0.3) is 11.6 Å². The Morgan fingerprint density at radius 1 is 0.939 bits per heavy atom. The standard InChI is InChI=1S/C23H24ClFN4O4/c24-18-3-6-20(21(15-18)29(32)33)26-11-13-28(14-12-26)23(31)17-7-9-27(10-8-17)22(30)16-1-4-19(25)5-2-16/h1-6,15,17H,7-14H2. The lowest BCUT2D eigenvalue weighted by molar-refractivity contribution is -0.384. The lowest BCUT2D eigenvalue weighted by atomic mass is 9.94. The van der Waals surface area contributed by atoms with Crippen molar-refractivity contribution < 1.29 is 18.9 Å². The maximum Gasteiger partial charge on any atom is 0.294 e. The molecule has 174 valence electrons. The van der Waals surface area contributed by atoms with Crippen LogP contribution < -0.4 is 4.90 Å². The van der Waals surface area contributed by atoms with Crippen molar-refractivity contribution in [3.05, 3.63) is 69.0 Å². The molecule has 2 saturated heterocycles. The average molecular weight is 475 g/mol. The van der Waals surface area contributed by atoms with E-state index < -0.39 is 4.92 Å². The number of halogens is 2. The van der Waals surface area contributed by atoms with Gasteiger partial charge in [-0.15, -0.1) is 0 Å². The number of carbonyl (C=O) groups excluding carboxylic acids is 2. The molecule has 0 spiro atoms. The summed E-state index contributed by atoms with van der Waals surface area (Å²) in [7, 11) is 0. The first-order chi connectivity index (χ1) is 15.8. The van der Waals surface area contributed by atoms with Crippen LogP contribution in [0.25, 0.3) is 0 Å². The van der Waals surface area contributed by atoms with Gasteiger partial charge in [0.15, 0.2) is 0 Å². The zero-order valence-electron chi connectivity index (χ0n) is 18.0. The SMILES string of the molecule is O=C(c1ccc(F)cc1)N1CCC(C(=O)N2CCN(c3ccc(Cl)cc3[N+](=O)[O-])CC2)CC1. The fourth-order valence-corrected chi connectivity index (χ4v) is 4.61. The molecule has 0 aromatic heterocycles. The van der Waals surface area contributed by atoms with Gasteiger partial charge in [-0.25, -0.2) is 4.39 Å². The Hall–Kier alpha value is -3.20. The molecule has 10 heteroatoms. The quantitative estimate of drug-likeness (QED) is 0.499. The van der Waals surface area contributed by atoms with Crippen molar-refractivity contribution in [2.45, 2.75) is 12.8 Å². The molecule has 0 radical (unpaired) electrons. The molecule has 33 heavy (non-hydrogen) atoms. The maximum atomic E-state index is 13.1. The summed E-state index contributed by atoms with van der Waals surface area (Å²) in [5, 5.41) is 11.7. The van der Waals surface area contributed by atoms with E-state index in [9.17, 15) is 24.1 Å². The van der Waals surface area contributed by atoms with Crippen LogP contribution in [0.2, 0.25) is 5.02 Å². The van der Waals surface area contributed by atoms with Gasteiger partial charge in [0.2, 0.25) is 5.91 Å². The highest BCUT2D eigenvalue weighted by atomic mass is 35.5. The van der Waals surface area contributed by atoms with E-state index in [4.69, 9.17) is 11.6 Å². The number of anilines is 1. The Bertz CT molecular complexity index is 1050. The van der Waals surface area contributed by atoms with Crippen LogP contribution in [-0.2, 0) is 4.79 Å². The number of likely N-dealkylation sites (tertiary alicyclic amines) is 1. The number of nitrogens with zero attached hydrogens (tertiary/aromatic N) is 4. The second kappa shape index (κ2) is 9.74. The Morgan fingerprint density at radius 3 is 2.18 bits per heavy atom. The number of nitro groups is 1. The number of piperazine rings is 1. The van der Waals surface area contributed by atoms with E-state index >= 15 is 0 Å². The third kappa shape index (κ3) is 5.08. The zero-order chi connectivity index (χ0) is 23.5. The van der Waals surface area contributed by atoms with Gasteiger partial charge < -0.3 is 14.7 Å². The van der Waals surface area contributed by atoms with E-state index in [-0.39, 0.29) is 29.2 Å². The Morgan fingerprint density at radius 2 is 1.58 bits per heavy atom. The molecule has 2 aliphatic rings. The predicted molar refractivity (Wildman–Crippen MR) is 122 cm³/mol. The predicted octanol–water partition coefficient (Wildman–Crippen LogP) is 3.59. The zero-order valence-corrected chi connectivity index (χ0v) is 18.7. The van der Waals surface area contributed by atoms with Crippen molar-refractivity contribution in [3.63, 3.8) is 0 Å². The fourth-order valence-electron chi connectivity index (χ4n) is 4.44. The molecule has 0 atom stereocenters. The maximum absolute atomic E-state index is 13.1. The number of carbonyl (C=O) groups is 2. The van der Waals surface area contributed by atoms with Crippen LogP contribution in [-0.4, -0.2) is 65.8 Å². The van der Waals surface area contributed by atoms with E-state index in [1.54, 1.807) is 21.9 Å². The van der Waals surface area contributed by atoms with Crippen molar-refractivity contribution in [1.82, 2.24) is 9.80 Å². The minimum Gasteiger partial charge on any atom is -0.362 e. The number of benzene rings is 2. The number of hydrogen-bond acceptors (Lipinski definition) is 5. The molecular formula is C23H24ClFN4O4. The molecule has 0 N–H and O–H groups in total. The molecule has 0 aliphatic carbocycles. The van der Waals surface area contributed by atoms with E-state index in [1.165, 1.54) is 30.3 Å². The van der Waals surface area contributed by atoms with Crippen LogP contribution in [0.1, 0.15) is 23.2 Å². The summed E-state index contributed by atoms with van der Waals surface area (Å²) in [5.74, 6) is -0.631. The second-order valence-corrected chi connectivity index (χ2v) is 8.71. The van der Waals surface area contributed by atoms with Gasteiger partial charge in [-0.1, -0.05) is 11.6 Å². The molecule has 2 aromatic carbocycles. The third-order valence-electron chi connectivity index (χ3n) is 6.29. The topological polar surface area (TPSA) is 87.0 Å². The second-order valence-electron chi connectivity index (χ2n) is 8.28. The Balaban J connectivity index is 1.31. The van der Waals surface area contributed by atoms with Crippen LogP contribution in [0, 0.1) is 21.8 Å². The Kier molecular flexibility index (Phi) is 6.78. The number of piperidine rings is 1. The number of rotatable bonds is 4. The lowest BCUT2D eigenvalue weighted by Crippen LogP contribution is -2.52. The van der Waals surface area contributed by atoms with Gasteiger partial charge in [0, 0.05) is 61.8 Å². The molecule has 0 bridgehead atoms. The molecule has 2 fully saturated rings. The third-order valence-corrected chi connectivity index (χ3v) is 6.52. The lowest BCUT2D eigenvalue weighted by Gasteiger charge is -2.39. The average Bonchev–Trinajstić information content (AvgIpc) is 2.84. The highest BCUT2D eigenvalue weighted by Gasteiger charge is 2.33. The molecule has 2 aliphatic heterocycles. The van der Waals surface area contributed by atoms with Crippen LogP contribution in [0.5, 0.6) is 0 Å². The first-order valence-electron chi connectivity index (χ1n) is 10.9. The molecule has 2 amide bonds. The van der Waals surface area contributed by atoms with Crippen molar-refractivity contribution >= 4 is 34.8 Å². The molecule has 2 aromatic rings. The fraction of sp³-hybridized carbons (Fsp3) is 0.391. The van der Waals surface area contributed by atoms with Gasteiger partial charge in [0.1, 0.15) is 11.5 Å². The van der Waals surface area contributed by atoms with E-state index in [2.05, 4.69) is 0 Å². The molecule has 2 heterocycles. The van der Waals surface area contributed by atoms with Crippen molar-refractivity contribution in [2.24, 2.45) is 5.92 Å². The van der Waals surface area contributed by atoms with E-state index in [0.29, 0.717) is 68.4 Å². The number of nitro benzene ring substituents is 1. The van der Waals surface area contributed by atoms with Gasteiger partial charge >= 0.3 is 0 Å². The van der Waals surface area contributed by atoms with Crippen molar-refractivity contribution in [2.75, 3.05) is 44.2 Å². The van der Waals surface area contributed by atoms with Crippen LogP contribution >= 0.6 is 11.6 Å². The summed E-state index contributed by atoms with van der Waals surface area (Å²) in [6.45, 7) is 2.90. The normalized spacial score (nSPS) is 17.2. The summed E-state index contributed by atoms with van der Waals surface area (Å²) in [6, 6.07) is 10.1. The van der Waals surface area contributed by atoms with Crippen LogP contribution in [0.15, 0.2) is 42.5 Å². The largest absolute Gasteiger partial charge is 0.362 e. The monoisotopic (exact) mass is 474 g/mol. The molecule has 4 rings (SSSR count). The highest BCUT2D eigenvalue weighted by Crippen LogP contribution is 2.32. The summed E-state index contributed by atoms with van der Waals surface area (Å²) in [6.07, 6.45) is 1.16. The first-order valence-corrected chi connectivity index (χ1v) is 11.2. The summed E-state index contributed by atoms with van der Waals surface area (Å²) in [4.78, 5) is 42.0. The summed E-state index contributed by atoms with van der Waals surface area (Å²) in [5.41, 5.74) is 0.901. The molecule has 8 nitrogen and oxygen atoms in total. The minimum absolute atomic E-state index is 0.0412. The van der Waals surface area contributed by atoms with Gasteiger partial charge in [0.05, 0.1) is 4.92 Å². The van der Waals surface area contributed by atoms with Crippen LogP contribution in [0.3, 0.4) is 0 Å². The van der Waals surface area contributed by atoms with Gasteiger partial charge in [-0.3, -0.25) is 19.7 Å². The summed E-state index contributed by atoms with van der Waals surface area (Å²) < 4.78 is 13.1. The van der Waals surface area contributed by atoms with Gasteiger partial charge in [-0.05, 0) is 49.2 Å². The van der Waals surface area contributed by atoms with Crippen molar-refractivity contribution in [3.8, 4) is 0 Å². The smallest absolute Gasteiger partial charge is 0.294 e. The first kappa shape index (κ1) is 23.0. The highest BCUT2D eigenvalue weighted by molar-refractivity contribution is 6.30. The summed E-state index contributed by atoms with van der Waals surface area (Å²) >= 11 is 5.91. The van der Waals surface area contributed by atoms with Gasteiger partial charge in [-0.2, -0.15) is 0 Å². The van der Waals surface area contributed by atoms with E-state index in [0.717, 1.165) is 0 Å². The Labute approximate surface area is 195 Å².